The van der Waals surface area contributed by atoms with E-state index in [9.17, 15) is 43.2 Å². The van der Waals surface area contributed by atoms with Crippen molar-refractivity contribution in [2.24, 2.45) is 23.7 Å². The quantitative estimate of drug-likeness (QED) is 0.0756. The number of esters is 1. The summed E-state index contributed by atoms with van der Waals surface area (Å²) in [5.74, 6) is -5.66. The van der Waals surface area contributed by atoms with Crippen molar-refractivity contribution in [3.63, 3.8) is 0 Å². The van der Waals surface area contributed by atoms with Crippen molar-refractivity contribution in [3.05, 3.63) is 35.9 Å². The number of alkyl carbamates (subject to hydrolysis) is 1. The largest absolute Gasteiger partial charge is 0.468 e. The molecule has 56 heavy (non-hydrogen) atoms. The smallest absolute Gasteiger partial charge is 0.407 e. The van der Waals surface area contributed by atoms with E-state index in [-0.39, 0.29) is 44.6 Å². The first kappa shape index (κ1) is 41.4. The summed E-state index contributed by atoms with van der Waals surface area (Å²) >= 11 is 0. The second-order valence-electron chi connectivity index (χ2n) is 14.5. The van der Waals surface area contributed by atoms with Gasteiger partial charge in [-0.05, 0) is 56.9 Å². The summed E-state index contributed by atoms with van der Waals surface area (Å²) in [4.78, 5) is 111. The average Bonchev–Trinajstić information content (AvgIpc) is 3.14. The Kier molecular flexibility index (Phi) is 14.6. The molecule has 1 aromatic rings. The third kappa shape index (κ3) is 11.4. The lowest BCUT2D eigenvalue weighted by Crippen LogP contribution is -2.58. The minimum atomic E-state index is -0.625. The first-order chi connectivity index (χ1) is 26.9. The van der Waals surface area contributed by atoms with Crippen LogP contribution in [0.5, 0.6) is 0 Å². The van der Waals surface area contributed by atoms with E-state index in [4.69, 9.17) is 4.74 Å². The summed E-state index contributed by atoms with van der Waals surface area (Å²) in [5, 5.41) is 21.1. The highest BCUT2D eigenvalue weighted by molar-refractivity contribution is 5.91. The van der Waals surface area contributed by atoms with Crippen molar-refractivity contribution in [1.29, 1.82) is 0 Å². The van der Waals surface area contributed by atoms with Crippen molar-refractivity contribution in [3.8, 4) is 0 Å². The van der Waals surface area contributed by atoms with Gasteiger partial charge in [-0.15, -0.1) is 0 Å². The summed E-state index contributed by atoms with van der Waals surface area (Å²) in [7, 11) is 1.21. The van der Waals surface area contributed by atoms with Crippen LogP contribution >= 0.6 is 0 Å². The molecule has 4 saturated carbocycles. The fourth-order valence-electron chi connectivity index (χ4n) is 6.89. The van der Waals surface area contributed by atoms with Crippen molar-refractivity contribution >= 4 is 53.4 Å². The Labute approximate surface area is 323 Å². The second-order valence-corrected chi connectivity index (χ2v) is 14.5. The van der Waals surface area contributed by atoms with E-state index >= 15 is 0 Å². The van der Waals surface area contributed by atoms with Gasteiger partial charge in [-0.25, -0.2) is 4.79 Å². The number of hydrogen-bond donors (Lipinski definition) is 8. The van der Waals surface area contributed by atoms with Crippen LogP contribution in [-0.2, 0) is 54.4 Å². The molecule has 8 atom stereocenters. The van der Waals surface area contributed by atoms with Gasteiger partial charge in [-0.1, -0.05) is 30.3 Å². The molecular formula is C37H50N8O11. The molecule has 0 unspecified atom stereocenters. The summed E-state index contributed by atoms with van der Waals surface area (Å²) in [6, 6.07) is 7.44. The van der Waals surface area contributed by atoms with E-state index in [1.165, 1.54) is 7.11 Å². The van der Waals surface area contributed by atoms with E-state index in [1.807, 2.05) is 30.3 Å². The van der Waals surface area contributed by atoms with Crippen LogP contribution in [-0.4, -0.2) is 111 Å². The third-order valence-electron chi connectivity index (χ3n) is 10.9. The maximum absolute atomic E-state index is 12.8. The highest BCUT2D eigenvalue weighted by atomic mass is 16.5. The molecule has 19 nitrogen and oxygen atoms in total. The predicted molar refractivity (Wildman–Crippen MR) is 194 cm³/mol. The average molecular weight is 783 g/mol. The first-order valence-corrected chi connectivity index (χ1v) is 18.9. The summed E-state index contributed by atoms with van der Waals surface area (Å²) < 4.78 is 9.72. The molecule has 4 aliphatic rings. The van der Waals surface area contributed by atoms with Crippen molar-refractivity contribution in [2.75, 3.05) is 33.3 Å². The Morgan fingerprint density at radius 2 is 0.857 bits per heavy atom. The van der Waals surface area contributed by atoms with Gasteiger partial charge in [0.1, 0.15) is 13.2 Å². The summed E-state index contributed by atoms with van der Waals surface area (Å²) in [6.45, 7) is -1.10. The molecule has 0 radical (unpaired) electrons. The topological polar surface area (TPSA) is 268 Å². The monoisotopic (exact) mass is 782 g/mol. The zero-order valence-corrected chi connectivity index (χ0v) is 31.2. The Morgan fingerprint density at radius 3 is 1.20 bits per heavy atom. The number of methoxy groups -OCH3 is 1. The van der Waals surface area contributed by atoms with Gasteiger partial charge in [-0.2, -0.15) is 0 Å². The van der Waals surface area contributed by atoms with Gasteiger partial charge in [0, 0.05) is 24.2 Å². The summed E-state index contributed by atoms with van der Waals surface area (Å²) in [5.41, 5.74) is 0.835. The van der Waals surface area contributed by atoms with Crippen LogP contribution in [0, 0.1) is 23.7 Å². The van der Waals surface area contributed by atoms with Crippen LogP contribution in [0.1, 0.15) is 56.9 Å². The van der Waals surface area contributed by atoms with Gasteiger partial charge in [0.25, 0.3) is 0 Å². The molecule has 0 saturated heterocycles. The van der Waals surface area contributed by atoms with E-state index < -0.39 is 89.4 Å². The number of nitrogens with one attached hydrogen (secondary N) is 8. The fraction of sp³-hybridized carbons (Fsp3) is 0.595. The lowest BCUT2D eigenvalue weighted by Gasteiger charge is -2.37. The maximum atomic E-state index is 12.8. The highest BCUT2D eigenvalue weighted by Crippen LogP contribution is 2.30. The minimum Gasteiger partial charge on any atom is -0.468 e. The molecule has 1 aromatic carbocycles. The highest BCUT2D eigenvalue weighted by Gasteiger charge is 2.41. The molecule has 0 bridgehead atoms. The van der Waals surface area contributed by atoms with Crippen LogP contribution in [0.3, 0.4) is 0 Å². The molecule has 19 heteroatoms. The standard InChI is InChI=1S/C37H50N8O11/c1-55-32(49)18-41-36(53)23-9-13-27(23)44-30(47)16-39-34(51)21-7-11-25(21)42-29(46)15-38-33(50)22-8-12-26(22)43-31(48)17-40-35(52)24-10-14-28(24)45-37(54)56-19-20-5-3-2-4-6-20/h2-6,21-28H,7-19H2,1H3,(H,38,50)(H,39,51)(H,40,52)(H,41,53)(H,42,46)(H,43,48)(H,44,47)(H,45,54)/t21-,22-,23-,24-,25+,26+,27+,28+/m1/s1. The third-order valence-corrected chi connectivity index (χ3v) is 10.9. The summed E-state index contributed by atoms with van der Waals surface area (Å²) in [6.07, 6.45) is 3.76. The van der Waals surface area contributed by atoms with E-state index in [0.29, 0.717) is 51.4 Å². The minimum absolute atomic E-state index is 0.104. The maximum Gasteiger partial charge on any atom is 0.407 e. The number of ether oxygens (including phenoxy) is 2. The van der Waals surface area contributed by atoms with Crippen LogP contribution in [0.25, 0.3) is 0 Å². The van der Waals surface area contributed by atoms with Crippen LogP contribution < -0.4 is 42.5 Å². The molecule has 0 spiro atoms. The van der Waals surface area contributed by atoms with E-state index in [2.05, 4.69) is 47.3 Å². The molecule has 4 fully saturated rings. The number of benzene rings is 1. The Balaban J connectivity index is 0.917. The molecule has 0 heterocycles. The zero-order valence-electron chi connectivity index (χ0n) is 31.2. The first-order valence-electron chi connectivity index (χ1n) is 18.9. The predicted octanol–water partition coefficient (Wildman–Crippen LogP) is -1.99. The second kappa shape index (κ2) is 19.7. The van der Waals surface area contributed by atoms with Gasteiger partial charge in [0.05, 0.1) is 50.4 Å². The van der Waals surface area contributed by atoms with Gasteiger partial charge < -0.3 is 52.0 Å². The number of carbonyl (C=O) groups is 9. The van der Waals surface area contributed by atoms with Gasteiger partial charge >= 0.3 is 12.1 Å². The fourth-order valence-corrected chi connectivity index (χ4v) is 6.89. The molecule has 4 aliphatic carbocycles. The lowest BCUT2D eigenvalue weighted by atomic mass is 9.78. The number of amides is 8. The van der Waals surface area contributed by atoms with Gasteiger partial charge in [0.2, 0.25) is 41.4 Å². The Hall–Kier alpha value is -5.75. The van der Waals surface area contributed by atoms with Gasteiger partial charge in [-0.3, -0.25) is 38.4 Å². The Morgan fingerprint density at radius 1 is 0.500 bits per heavy atom. The van der Waals surface area contributed by atoms with Crippen molar-refractivity contribution < 1.29 is 52.6 Å². The van der Waals surface area contributed by atoms with Gasteiger partial charge in [0.15, 0.2) is 0 Å². The molecule has 8 amide bonds. The zero-order chi connectivity index (χ0) is 40.2. The SMILES string of the molecule is COC(=O)CNC(=O)[C@@H]1CC[C@@H]1NC(=O)CNC(=O)[C@@H]1CC[C@@H]1NC(=O)CNC(=O)[C@@H]1CC[C@@H]1NC(=O)CNC(=O)[C@@H]1CC[C@@H]1NC(=O)OCc1ccccc1. The molecule has 0 aromatic heterocycles. The molecule has 5 rings (SSSR count). The van der Waals surface area contributed by atoms with E-state index in [1.54, 1.807) is 0 Å². The lowest BCUT2D eigenvalue weighted by molar-refractivity contribution is -0.142. The normalized spacial score (nSPS) is 25.7. The Bertz CT molecular complexity index is 1660. The van der Waals surface area contributed by atoms with Crippen molar-refractivity contribution in [2.45, 2.75) is 82.1 Å². The van der Waals surface area contributed by atoms with Crippen LogP contribution in [0.15, 0.2) is 30.3 Å². The molecule has 0 aliphatic heterocycles. The number of hydrogen-bond acceptors (Lipinski definition) is 11. The molecule has 8 N–H and O–H groups in total. The number of carbonyl (C=O) groups excluding carboxylic acids is 9. The van der Waals surface area contributed by atoms with E-state index in [0.717, 1.165) is 5.56 Å². The molecular weight excluding hydrogens is 732 g/mol. The van der Waals surface area contributed by atoms with Crippen LogP contribution in [0.4, 0.5) is 4.79 Å². The number of rotatable bonds is 18. The van der Waals surface area contributed by atoms with Crippen LogP contribution in [0.2, 0.25) is 0 Å². The van der Waals surface area contributed by atoms with Crippen molar-refractivity contribution in [1.82, 2.24) is 42.5 Å². The molecule has 304 valence electrons.